The van der Waals surface area contributed by atoms with Crippen LogP contribution in [0.15, 0.2) is 436 Å². The molecule has 642 valence electrons. The van der Waals surface area contributed by atoms with Gasteiger partial charge >= 0.3 is 0 Å². The summed E-state index contributed by atoms with van der Waals surface area (Å²) in [5.41, 5.74) is 29.7. The lowest BCUT2D eigenvalue weighted by Gasteiger charge is -2.21. The monoisotopic (exact) mass is 1770 g/mol. The van der Waals surface area contributed by atoms with Gasteiger partial charge in [0.05, 0.1) is 77.7 Å². The van der Waals surface area contributed by atoms with E-state index < -0.39 is 0 Å². The van der Waals surface area contributed by atoms with E-state index in [1.54, 1.807) is 0 Å². The molecule has 0 saturated carbocycles. The van der Waals surface area contributed by atoms with Gasteiger partial charge < -0.3 is 31.4 Å². The lowest BCUT2D eigenvalue weighted by Crippen LogP contribution is -2.14. The molecule has 11 heterocycles. The molecule has 30 rings (SSSR count). The number of fused-ring (bicyclic) bond motifs is 30. The Bertz CT molecular complexity index is 9690. The van der Waals surface area contributed by atoms with Crippen LogP contribution in [0.1, 0.15) is 25.0 Å². The second-order valence-corrected chi connectivity index (χ2v) is 36.8. The van der Waals surface area contributed by atoms with Gasteiger partial charge in [-0.2, -0.15) is 15.0 Å². The van der Waals surface area contributed by atoms with E-state index in [0.717, 1.165) is 166 Å². The van der Waals surface area contributed by atoms with Crippen molar-refractivity contribution in [1.82, 2.24) is 43.6 Å². The molecule has 137 heavy (non-hydrogen) atoms. The van der Waals surface area contributed by atoms with Gasteiger partial charge in [-0.25, -0.2) is 15.0 Å². The number of furan rings is 4. The first-order valence-corrected chi connectivity index (χ1v) is 46.9. The molecular weight excluding hydrogens is 1700 g/mol. The molecule has 0 bridgehead atoms. The fraction of sp³-hybridized carbons (Fsp3) is 0.0244. The highest BCUT2D eigenvalue weighted by atomic mass is 32.1. The number of hydrogen-bond acceptors (Lipinski definition) is 11. The largest absolute Gasteiger partial charge is 0.456 e. The Morgan fingerprint density at radius 1 is 0.226 bits per heavy atom. The van der Waals surface area contributed by atoms with Crippen molar-refractivity contribution in [1.29, 1.82) is 0 Å². The quantitative estimate of drug-likeness (QED) is 0.137. The van der Waals surface area contributed by atoms with Gasteiger partial charge in [-0.05, 0) is 138 Å². The van der Waals surface area contributed by atoms with Crippen LogP contribution in [0.5, 0.6) is 0 Å². The van der Waals surface area contributed by atoms with Crippen molar-refractivity contribution in [3.8, 4) is 96.1 Å². The van der Waals surface area contributed by atoms with Crippen molar-refractivity contribution in [3.63, 3.8) is 0 Å². The number of aromatic nitrogens is 9. The van der Waals surface area contributed by atoms with Crippen LogP contribution in [0.3, 0.4) is 0 Å². The number of para-hydroxylation sites is 9. The third-order valence-corrected chi connectivity index (χ3v) is 28.9. The molecule has 0 amide bonds. The molecular formula is C123H75N9O4S. The SMILES string of the molecule is CC1(C)c2ccccc2-c2c1ccc1c2c2ccccc2n1-c1cccc(-c2nc(-c3ccccc3)c3c(n2)oc2ccccc23)c1.c1ccc(-c2nc(-c3ccccc3-n3c4ccccc4c4c5c(ccc43)oc3ccccc35)nc3oc4ccccc4c23)cc1.c1ccc(-c2nc(-c3ccccc3-n3c4ccccc4c4c5c(ccc43)sc3ccccc35)nc3oc4ccccc4c23)cc1. The summed E-state index contributed by atoms with van der Waals surface area (Å²) in [7, 11) is 0. The molecule has 0 unspecified atom stereocenters. The Morgan fingerprint density at radius 2 is 0.606 bits per heavy atom. The van der Waals surface area contributed by atoms with Crippen LogP contribution in [0.25, 0.3) is 270 Å². The van der Waals surface area contributed by atoms with E-state index in [-0.39, 0.29) is 5.41 Å². The third kappa shape index (κ3) is 12.0. The first-order chi connectivity index (χ1) is 67.7. The molecule has 14 heteroatoms. The van der Waals surface area contributed by atoms with E-state index >= 15 is 0 Å². The van der Waals surface area contributed by atoms with Crippen molar-refractivity contribution in [2.75, 3.05) is 0 Å². The predicted octanol–water partition coefficient (Wildman–Crippen LogP) is 33.0. The van der Waals surface area contributed by atoms with E-state index in [1.165, 1.54) is 80.4 Å². The van der Waals surface area contributed by atoms with Crippen LogP contribution in [-0.4, -0.2) is 43.6 Å². The molecule has 0 N–H and O–H groups in total. The highest BCUT2D eigenvalue weighted by Gasteiger charge is 2.38. The van der Waals surface area contributed by atoms with Gasteiger partial charge in [0.25, 0.3) is 0 Å². The van der Waals surface area contributed by atoms with E-state index in [4.69, 9.17) is 47.6 Å². The van der Waals surface area contributed by atoms with Gasteiger partial charge in [-0.1, -0.05) is 317 Å². The highest BCUT2D eigenvalue weighted by molar-refractivity contribution is 7.26. The number of thiophene rings is 1. The summed E-state index contributed by atoms with van der Waals surface area (Å²) < 4.78 is 35.1. The maximum Gasteiger partial charge on any atom is 0.231 e. The number of benzene rings is 18. The Labute approximate surface area is 786 Å². The lowest BCUT2D eigenvalue weighted by molar-refractivity contribution is 0.653. The first-order valence-electron chi connectivity index (χ1n) is 46.1. The molecule has 0 radical (unpaired) electrons. The van der Waals surface area contributed by atoms with Crippen LogP contribution in [0.2, 0.25) is 0 Å². The smallest absolute Gasteiger partial charge is 0.231 e. The maximum atomic E-state index is 6.37. The average molecular weight is 1780 g/mol. The lowest BCUT2D eigenvalue weighted by atomic mass is 9.82. The summed E-state index contributed by atoms with van der Waals surface area (Å²) in [6.45, 7) is 4.68. The van der Waals surface area contributed by atoms with Crippen molar-refractivity contribution in [2.24, 2.45) is 0 Å². The van der Waals surface area contributed by atoms with Crippen LogP contribution in [-0.2, 0) is 5.41 Å². The van der Waals surface area contributed by atoms with Crippen LogP contribution in [0.4, 0.5) is 0 Å². The van der Waals surface area contributed by atoms with Crippen molar-refractivity contribution >= 4 is 185 Å². The number of nitrogens with zero attached hydrogens (tertiary/aromatic N) is 9. The maximum absolute atomic E-state index is 6.37. The molecule has 1 aliphatic rings. The molecule has 0 fully saturated rings. The summed E-state index contributed by atoms with van der Waals surface area (Å²) >= 11 is 1.85. The van der Waals surface area contributed by atoms with Gasteiger partial charge in [-0.3, -0.25) is 0 Å². The standard InChI is InChI=1S/C43H29N3O.C40H23N3O2.C40H23N3OS/c1-43(2)32-20-9-6-17-29(32)37-33(43)23-24-35-38(37)30-18-7-10-21-34(30)46(35)28-16-12-15-27(25-28)41-44-40(26-13-4-3-5-14-26)39-31-19-8-11-22-36(31)47-42(39)45-41;1-2-12-24(13-3-1)38-37-28-17-7-11-21-33(28)45-40(37)42-39(41-38)26-15-5-9-19-30(26)43-29-18-8-4-14-25(29)35-31(43)22-23-34-36(35)27-16-6-10-20-32(27)44-34;1-2-12-24(13-3-1)38-37-27-16-6-10-20-32(27)44-40(37)42-39(41-38)26-15-5-9-19-30(26)43-29-18-8-4-14-25(29)35-31(43)22-23-34-36(35)28-17-7-11-21-33(28)45-34/h3-25H,1-2H3;2*1-23H. The van der Waals surface area contributed by atoms with Gasteiger partial charge in [-0.15, -0.1) is 11.3 Å². The van der Waals surface area contributed by atoms with Gasteiger partial charge in [0.15, 0.2) is 17.5 Å². The van der Waals surface area contributed by atoms with Crippen LogP contribution >= 0.6 is 11.3 Å². The van der Waals surface area contributed by atoms with Gasteiger partial charge in [0.2, 0.25) is 17.1 Å². The van der Waals surface area contributed by atoms with Crippen molar-refractivity contribution in [3.05, 3.63) is 430 Å². The second-order valence-electron chi connectivity index (χ2n) is 35.7. The summed E-state index contributed by atoms with van der Waals surface area (Å²) in [4.78, 5) is 31.0. The molecule has 18 aromatic carbocycles. The normalized spacial score (nSPS) is 12.5. The minimum atomic E-state index is -0.0632. The zero-order chi connectivity index (χ0) is 90.2. The zero-order valence-corrected chi connectivity index (χ0v) is 74.7. The molecule has 0 spiro atoms. The number of rotatable bonds is 9. The molecule has 0 saturated heterocycles. The molecule has 0 atom stereocenters. The van der Waals surface area contributed by atoms with Gasteiger partial charge in [0, 0.05) is 124 Å². The summed E-state index contributed by atoms with van der Waals surface area (Å²) in [5, 5.41) is 18.1. The second kappa shape index (κ2) is 30.5. The Morgan fingerprint density at radius 3 is 1.14 bits per heavy atom. The molecule has 13 nitrogen and oxygen atoms in total. The van der Waals surface area contributed by atoms with Crippen LogP contribution < -0.4 is 0 Å². The first kappa shape index (κ1) is 77.8. The minimum absolute atomic E-state index is 0.0632. The number of hydrogen-bond donors (Lipinski definition) is 0. The summed E-state index contributed by atoms with van der Waals surface area (Å²) in [6, 6.07) is 146. The van der Waals surface area contributed by atoms with Crippen LogP contribution in [0, 0.1) is 0 Å². The Kier molecular flexibility index (Phi) is 17.3. The van der Waals surface area contributed by atoms with E-state index in [1.807, 2.05) is 139 Å². The fourth-order valence-corrected chi connectivity index (χ4v) is 22.9. The van der Waals surface area contributed by atoms with Gasteiger partial charge in [0.1, 0.15) is 27.9 Å². The third-order valence-electron chi connectivity index (χ3n) is 27.7. The van der Waals surface area contributed by atoms with E-state index in [2.05, 4.69) is 319 Å². The molecule has 0 aliphatic heterocycles. The Hall–Kier alpha value is -18.0. The topological polar surface area (TPSA) is 145 Å². The molecule has 29 aromatic rings. The fourth-order valence-electron chi connectivity index (χ4n) is 21.8. The summed E-state index contributed by atoms with van der Waals surface area (Å²) in [5.74, 6) is 1.87. The average Bonchev–Trinajstić information content (AvgIpc) is 1.55. The Balaban J connectivity index is 0.000000102. The minimum Gasteiger partial charge on any atom is -0.456 e. The highest BCUT2D eigenvalue weighted by Crippen LogP contribution is 2.55. The molecule has 11 aromatic heterocycles. The van der Waals surface area contributed by atoms with E-state index in [9.17, 15) is 0 Å². The van der Waals surface area contributed by atoms with E-state index in [0.29, 0.717) is 34.6 Å². The van der Waals surface area contributed by atoms with Crippen molar-refractivity contribution < 1.29 is 17.7 Å². The predicted molar refractivity (Wildman–Crippen MR) is 561 cm³/mol. The van der Waals surface area contributed by atoms with Crippen molar-refractivity contribution in [2.45, 2.75) is 19.3 Å². The summed E-state index contributed by atoms with van der Waals surface area (Å²) in [6.07, 6.45) is 0. The zero-order valence-electron chi connectivity index (χ0n) is 73.9. The molecule has 1 aliphatic carbocycles.